The van der Waals surface area contributed by atoms with Crippen LogP contribution in [0.3, 0.4) is 0 Å². The number of hydrogen-bond donors (Lipinski definition) is 0. The van der Waals surface area contributed by atoms with Crippen molar-refractivity contribution in [2.75, 3.05) is 13.2 Å². The van der Waals surface area contributed by atoms with Gasteiger partial charge in [-0.2, -0.15) is 0 Å². The summed E-state index contributed by atoms with van der Waals surface area (Å²) in [6.07, 6.45) is 88.4. The minimum absolute atomic E-state index is 0.0717. The summed E-state index contributed by atoms with van der Waals surface area (Å²) in [5.41, 5.74) is 0. The topological polar surface area (TPSA) is 78.9 Å². The van der Waals surface area contributed by atoms with Gasteiger partial charge in [-0.25, -0.2) is 0 Å². The van der Waals surface area contributed by atoms with Crippen LogP contribution in [0.4, 0.5) is 0 Å². The minimum atomic E-state index is -0.775. The van der Waals surface area contributed by atoms with Crippen LogP contribution in [0.25, 0.3) is 0 Å². The molecule has 0 heterocycles. The summed E-state index contributed by atoms with van der Waals surface area (Å²) in [4.78, 5) is 38.3. The van der Waals surface area contributed by atoms with Crippen LogP contribution in [0.1, 0.15) is 374 Å². The summed E-state index contributed by atoms with van der Waals surface area (Å²) >= 11 is 0. The molecule has 6 nitrogen and oxygen atoms in total. The van der Waals surface area contributed by atoms with E-state index in [9.17, 15) is 14.4 Å². The van der Waals surface area contributed by atoms with Gasteiger partial charge in [-0.15, -0.1) is 0 Å². The number of rotatable bonds is 65. The molecule has 1 atom stereocenters. The zero-order valence-corrected chi connectivity index (χ0v) is 53.6. The van der Waals surface area contributed by atoms with Gasteiger partial charge in [0.25, 0.3) is 0 Å². The van der Waals surface area contributed by atoms with Gasteiger partial charge in [0.2, 0.25) is 0 Å². The molecule has 0 fully saturated rings. The van der Waals surface area contributed by atoms with E-state index in [0.717, 1.165) is 96.3 Å². The van der Waals surface area contributed by atoms with Gasteiger partial charge in [-0.1, -0.05) is 351 Å². The average molecular weight is 1120 g/mol. The summed E-state index contributed by atoms with van der Waals surface area (Å²) in [6.45, 7) is 6.56. The number of carbonyl (C=O) groups is 3. The van der Waals surface area contributed by atoms with E-state index in [1.807, 2.05) is 0 Å². The zero-order valence-electron chi connectivity index (χ0n) is 53.6. The summed E-state index contributed by atoms with van der Waals surface area (Å²) in [6, 6.07) is 0. The highest BCUT2D eigenvalue weighted by Gasteiger charge is 2.19. The predicted octanol–water partition coefficient (Wildman–Crippen LogP) is 24.3. The Kier molecular flexibility index (Phi) is 66.1. The highest BCUT2D eigenvalue weighted by Crippen LogP contribution is 2.18. The molecule has 0 N–H and O–H groups in total. The van der Waals surface area contributed by atoms with Crippen molar-refractivity contribution in [2.45, 2.75) is 380 Å². The fourth-order valence-electron chi connectivity index (χ4n) is 10.5. The maximum absolute atomic E-state index is 12.9. The van der Waals surface area contributed by atoms with E-state index in [2.05, 4.69) is 81.5 Å². The third kappa shape index (κ3) is 65.9. The molecule has 0 aromatic rings. The van der Waals surface area contributed by atoms with E-state index in [1.54, 1.807) is 0 Å². The van der Waals surface area contributed by atoms with E-state index >= 15 is 0 Å². The second-order valence-electron chi connectivity index (χ2n) is 23.8. The number of allylic oxidation sites excluding steroid dienone is 10. The average Bonchev–Trinajstić information content (AvgIpc) is 3.46. The molecule has 0 rings (SSSR count). The number of esters is 3. The van der Waals surface area contributed by atoms with Gasteiger partial charge in [0, 0.05) is 19.3 Å². The van der Waals surface area contributed by atoms with Crippen molar-refractivity contribution in [1.29, 1.82) is 0 Å². The van der Waals surface area contributed by atoms with Crippen molar-refractivity contribution in [3.8, 4) is 0 Å². The first-order valence-corrected chi connectivity index (χ1v) is 35.3. The first-order chi connectivity index (χ1) is 39.5. The fourth-order valence-corrected chi connectivity index (χ4v) is 10.5. The molecule has 80 heavy (non-hydrogen) atoms. The fraction of sp³-hybridized carbons (Fsp3) is 0.824. The molecule has 466 valence electrons. The monoisotopic (exact) mass is 1120 g/mol. The second kappa shape index (κ2) is 68.6. The van der Waals surface area contributed by atoms with Gasteiger partial charge >= 0.3 is 17.9 Å². The molecule has 0 spiro atoms. The third-order valence-corrected chi connectivity index (χ3v) is 15.8. The molecular weight excluding hydrogens is 985 g/mol. The molecule has 0 bridgehead atoms. The van der Waals surface area contributed by atoms with Crippen LogP contribution in [0, 0.1) is 0 Å². The molecule has 0 aliphatic carbocycles. The lowest BCUT2D eigenvalue weighted by Gasteiger charge is -2.18. The first kappa shape index (κ1) is 77.1. The molecule has 0 amide bonds. The van der Waals surface area contributed by atoms with E-state index in [4.69, 9.17) is 14.2 Å². The lowest BCUT2D eigenvalue weighted by atomic mass is 10.0. The highest BCUT2D eigenvalue weighted by molar-refractivity contribution is 5.71. The van der Waals surface area contributed by atoms with Gasteiger partial charge in [-0.05, 0) is 64.2 Å². The van der Waals surface area contributed by atoms with Crippen molar-refractivity contribution in [3.05, 3.63) is 60.8 Å². The van der Waals surface area contributed by atoms with Gasteiger partial charge in [0.05, 0.1) is 0 Å². The molecule has 0 saturated heterocycles. The Hall–Kier alpha value is -2.89. The first-order valence-electron chi connectivity index (χ1n) is 35.3. The maximum Gasteiger partial charge on any atom is 0.306 e. The molecule has 6 heteroatoms. The van der Waals surface area contributed by atoms with E-state index in [1.165, 1.54) is 238 Å². The van der Waals surface area contributed by atoms with Crippen molar-refractivity contribution in [2.24, 2.45) is 0 Å². The van der Waals surface area contributed by atoms with E-state index in [-0.39, 0.29) is 31.1 Å². The molecular formula is C74H134O6. The van der Waals surface area contributed by atoms with Gasteiger partial charge in [0.15, 0.2) is 6.10 Å². The van der Waals surface area contributed by atoms with Crippen LogP contribution in [-0.4, -0.2) is 37.2 Å². The Morgan fingerprint density at radius 2 is 0.487 bits per heavy atom. The maximum atomic E-state index is 12.9. The standard InChI is InChI=1S/C74H134O6/c1-4-7-10-13-16-19-21-23-25-27-29-31-33-35-36-37-39-40-42-44-46-48-50-52-55-58-61-64-67-73(76)79-70-71(69-78-72(75)66-63-60-57-54-18-15-12-9-6-3)80-74(77)68-65-62-59-56-53-51-49-47-45-43-41-38-34-32-30-28-26-24-22-20-17-14-11-8-5-2/h8,11,17,20,24,26,30,32,38,41,71H,4-7,9-10,12-16,18-19,21-23,25,27-29,31,33-37,39-40,42-70H2,1-3H3/b11-8-,20-17-,26-24-,32-30-,41-38-. The zero-order chi connectivity index (χ0) is 57.8. The summed E-state index contributed by atoms with van der Waals surface area (Å²) < 4.78 is 16.9. The van der Waals surface area contributed by atoms with Crippen molar-refractivity contribution >= 4 is 17.9 Å². The lowest BCUT2D eigenvalue weighted by Crippen LogP contribution is -2.30. The van der Waals surface area contributed by atoms with Crippen molar-refractivity contribution in [1.82, 2.24) is 0 Å². The van der Waals surface area contributed by atoms with Crippen LogP contribution in [-0.2, 0) is 28.6 Å². The number of unbranched alkanes of at least 4 members (excludes halogenated alkanes) is 44. The largest absolute Gasteiger partial charge is 0.462 e. The van der Waals surface area contributed by atoms with Crippen molar-refractivity contribution < 1.29 is 28.6 Å². The van der Waals surface area contributed by atoms with Crippen molar-refractivity contribution in [3.63, 3.8) is 0 Å². The Balaban J connectivity index is 4.13. The Morgan fingerprint density at radius 3 is 0.762 bits per heavy atom. The summed E-state index contributed by atoms with van der Waals surface area (Å²) in [7, 11) is 0. The molecule has 0 aromatic heterocycles. The van der Waals surface area contributed by atoms with Crippen LogP contribution in [0.15, 0.2) is 60.8 Å². The minimum Gasteiger partial charge on any atom is -0.462 e. The van der Waals surface area contributed by atoms with Crippen LogP contribution in [0.2, 0.25) is 0 Å². The Labute approximate surface area is 498 Å². The van der Waals surface area contributed by atoms with Gasteiger partial charge in [0.1, 0.15) is 13.2 Å². The SMILES string of the molecule is CC/C=C\C/C=C\C/C=C\C/C=C\C/C=C\CCCCCCCCCCCC(=O)OC(COC(=O)CCCCCCCCCCC)COC(=O)CCCCCCCCCCCCCCCCCCCCCCCCCCCCCC. The third-order valence-electron chi connectivity index (χ3n) is 15.8. The van der Waals surface area contributed by atoms with E-state index < -0.39 is 6.10 Å². The van der Waals surface area contributed by atoms with Gasteiger partial charge in [-0.3, -0.25) is 14.4 Å². The van der Waals surface area contributed by atoms with Gasteiger partial charge < -0.3 is 14.2 Å². The van der Waals surface area contributed by atoms with Crippen LogP contribution < -0.4 is 0 Å². The van der Waals surface area contributed by atoms with Crippen LogP contribution in [0.5, 0.6) is 0 Å². The molecule has 1 unspecified atom stereocenters. The number of hydrogen-bond acceptors (Lipinski definition) is 6. The Morgan fingerprint density at radius 1 is 0.263 bits per heavy atom. The number of carbonyl (C=O) groups excluding carboxylic acids is 3. The molecule has 0 aliphatic heterocycles. The predicted molar refractivity (Wildman–Crippen MR) is 348 cm³/mol. The molecule has 0 aromatic carbocycles. The van der Waals surface area contributed by atoms with Crippen LogP contribution >= 0.6 is 0 Å². The lowest BCUT2D eigenvalue weighted by molar-refractivity contribution is -0.167. The normalized spacial score (nSPS) is 12.4. The summed E-state index contributed by atoms with van der Waals surface area (Å²) in [5.74, 6) is -0.858. The molecule has 0 radical (unpaired) electrons. The number of ether oxygens (including phenoxy) is 3. The summed E-state index contributed by atoms with van der Waals surface area (Å²) in [5, 5.41) is 0. The second-order valence-corrected chi connectivity index (χ2v) is 23.8. The van der Waals surface area contributed by atoms with E-state index in [0.29, 0.717) is 19.3 Å². The smallest absolute Gasteiger partial charge is 0.306 e. The molecule has 0 aliphatic rings. The quantitative estimate of drug-likeness (QED) is 0.0261. The Bertz CT molecular complexity index is 1430. The molecule has 0 saturated carbocycles. The highest BCUT2D eigenvalue weighted by atomic mass is 16.6.